The summed E-state index contributed by atoms with van der Waals surface area (Å²) in [6, 6.07) is 5.70. The Morgan fingerprint density at radius 1 is 1.36 bits per heavy atom. The first-order chi connectivity index (χ1) is 10.6. The van der Waals surface area contributed by atoms with Crippen molar-refractivity contribution in [2.75, 3.05) is 13.2 Å². The Kier molecular flexibility index (Phi) is 5.08. The first-order valence-corrected chi connectivity index (χ1v) is 8.23. The van der Waals surface area contributed by atoms with Crippen LogP contribution in [0.15, 0.2) is 18.2 Å². The smallest absolute Gasteiger partial charge is 0.258 e. The normalized spacial score (nSPS) is 27.3. The minimum absolute atomic E-state index is 0.0392. The third-order valence-electron chi connectivity index (χ3n) is 4.25. The van der Waals surface area contributed by atoms with Crippen LogP contribution in [-0.4, -0.2) is 31.1 Å². The lowest BCUT2D eigenvalue weighted by molar-refractivity contribution is -0.124. The summed E-state index contributed by atoms with van der Waals surface area (Å²) < 4.78 is 5.45. The van der Waals surface area contributed by atoms with Crippen molar-refractivity contribution in [1.82, 2.24) is 16.2 Å². The van der Waals surface area contributed by atoms with Gasteiger partial charge in [-0.05, 0) is 43.4 Å². The number of amides is 1. The van der Waals surface area contributed by atoms with Gasteiger partial charge in [0.05, 0.1) is 5.02 Å². The SMILES string of the molecule is O=C(COc1ccc(Cl)cc1Cl)NC1CCC2NNCC2C1. The van der Waals surface area contributed by atoms with Crippen molar-refractivity contribution in [2.24, 2.45) is 5.92 Å². The van der Waals surface area contributed by atoms with E-state index in [0.717, 1.165) is 25.8 Å². The number of hydrogen-bond acceptors (Lipinski definition) is 4. The van der Waals surface area contributed by atoms with Crippen LogP contribution in [-0.2, 0) is 4.79 Å². The van der Waals surface area contributed by atoms with E-state index in [1.54, 1.807) is 18.2 Å². The van der Waals surface area contributed by atoms with Crippen molar-refractivity contribution >= 4 is 29.1 Å². The molecular formula is C15H19Cl2N3O2. The molecule has 1 aromatic carbocycles. The fraction of sp³-hybridized carbons (Fsp3) is 0.533. The van der Waals surface area contributed by atoms with Crippen molar-refractivity contribution in [3.05, 3.63) is 28.2 Å². The molecule has 1 amide bonds. The molecule has 120 valence electrons. The van der Waals surface area contributed by atoms with E-state index in [1.165, 1.54) is 0 Å². The van der Waals surface area contributed by atoms with Crippen molar-refractivity contribution in [2.45, 2.75) is 31.3 Å². The second-order valence-corrected chi connectivity index (χ2v) is 6.68. The lowest BCUT2D eigenvalue weighted by Gasteiger charge is -2.31. The van der Waals surface area contributed by atoms with Crippen LogP contribution in [0.25, 0.3) is 0 Å². The van der Waals surface area contributed by atoms with Gasteiger partial charge in [-0.3, -0.25) is 15.6 Å². The highest BCUT2D eigenvalue weighted by molar-refractivity contribution is 6.35. The predicted molar refractivity (Wildman–Crippen MR) is 86.2 cm³/mol. The second kappa shape index (κ2) is 7.04. The Bertz CT molecular complexity index is 556. The molecular weight excluding hydrogens is 325 g/mol. The standard InChI is InChI=1S/C15H19Cl2N3O2/c16-10-1-4-14(12(17)6-10)22-8-15(21)19-11-2-3-13-9(5-11)7-18-20-13/h1,4,6,9,11,13,18,20H,2-3,5,7-8H2,(H,19,21). The van der Waals surface area contributed by atoms with Gasteiger partial charge in [0, 0.05) is 23.7 Å². The Balaban J connectivity index is 1.46. The summed E-state index contributed by atoms with van der Waals surface area (Å²) in [4.78, 5) is 12.0. The van der Waals surface area contributed by atoms with E-state index in [0.29, 0.717) is 27.8 Å². The van der Waals surface area contributed by atoms with Crippen molar-refractivity contribution in [3.8, 4) is 5.75 Å². The summed E-state index contributed by atoms with van der Waals surface area (Å²) >= 11 is 11.8. The highest BCUT2D eigenvalue weighted by atomic mass is 35.5. The summed E-state index contributed by atoms with van der Waals surface area (Å²) in [5, 5.41) is 3.99. The van der Waals surface area contributed by atoms with E-state index in [4.69, 9.17) is 27.9 Å². The lowest BCUT2D eigenvalue weighted by Crippen LogP contribution is -2.45. The van der Waals surface area contributed by atoms with Crippen LogP contribution in [0.5, 0.6) is 5.75 Å². The van der Waals surface area contributed by atoms with Crippen LogP contribution in [0.2, 0.25) is 10.0 Å². The largest absolute Gasteiger partial charge is 0.482 e. The van der Waals surface area contributed by atoms with Crippen molar-refractivity contribution in [1.29, 1.82) is 0 Å². The van der Waals surface area contributed by atoms with Crippen LogP contribution in [0.3, 0.4) is 0 Å². The molecule has 1 saturated heterocycles. The lowest BCUT2D eigenvalue weighted by atomic mass is 9.83. The molecule has 3 rings (SSSR count). The van der Waals surface area contributed by atoms with Crippen LogP contribution >= 0.6 is 23.2 Å². The second-order valence-electron chi connectivity index (χ2n) is 5.83. The number of hydrogen-bond donors (Lipinski definition) is 3. The Morgan fingerprint density at radius 3 is 3.05 bits per heavy atom. The fourth-order valence-corrected chi connectivity index (χ4v) is 3.60. The first-order valence-electron chi connectivity index (χ1n) is 7.47. The molecule has 1 aliphatic carbocycles. The molecule has 1 aromatic rings. The maximum absolute atomic E-state index is 12.0. The molecule has 0 bridgehead atoms. The predicted octanol–water partition coefficient (Wildman–Crippen LogP) is 2.13. The molecule has 0 radical (unpaired) electrons. The molecule has 22 heavy (non-hydrogen) atoms. The fourth-order valence-electron chi connectivity index (χ4n) is 3.14. The maximum atomic E-state index is 12.0. The molecule has 1 aliphatic heterocycles. The third-order valence-corrected chi connectivity index (χ3v) is 4.78. The zero-order valence-electron chi connectivity index (χ0n) is 12.1. The molecule has 0 spiro atoms. The molecule has 2 aliphatic rings. The van der Waals surface area contributed by atoms with Gasteiger partial charge < -0.3 is 10.1 Å². The van der Waals surface area contributed by atoms with E-state index in [-0.39, 0.29) is 18.6 Å². The van der Waals surface area contributed by atoms with Gasteiger partial charge in [0.2, 0.25) is 0 Å². The zero-order valence-corrected chi connectivity index (χ0v) is 13.6. The summed E-state index contributed by atoms with van der Waals surface area (Å²) in [5.74, 6) is 0.938. The average molecular weight is 344 g/mol. The van der Waals surface area contributed by atoms with Gasteiger partial charge in [0.1, 0.15) is 5.75 Å². The monoisotopic (exact) mass is 343 g/mol. The van der Waals surface area contributed by atoms with Crippen molar-refractivity contribution in [3.63, 3.8) is 0 Å². The summed E-state index contributed by atoms with van der Waals surface area (Å²) in [6.07, 6.45) is 3.06. The number of benzene rings is 1. The molecule has 1 saturated carbocycles. The van der Waals surface area contributed by atoms with Crippen LogP contribution < -0.4 is 20.9 Å². The molecule has 2 fully saturated rings. The number of nitrogens with one attached hydrogen (secondary N) is 3. The zero-order chi connectivity index (χ0) is 15.5. The number of carbonyl (C=O) groups is 1. The molecule has 0 aromatic heterocycles. The van der Waals surface area contributed by atoms with Gasteiger partial charge in [0.15, 0.2) is 6.61 Å². The number of fused-ring (bicyclic) bond motifs is 1. The van der Waals surface area contributed by atoms with Crippen LogP contribution in [0, 0.1) is 5.92 Å². The van der Waals surface area contributed by atoms with Crippen molar-refractivity contribution < 1.29 is 9.53 Å². The van der Waals surface area contributed by atoms with Crippen LogP contribution in [0.4, 0.5) is 0 Å². The quantitative estimate of drug-likeness (QED) is 0.783. The minimum atomic E-state index is -0.117. The number of rotatable bonds is 4. The first kappa shape index (κ1) is 15.9. The highest BCUT2D eigenvalue weighted by Gasteiger charge is 2.34. The van der Waals surface area contributed by atoms with Gasteiger partial charge >= 0.3 is 0 Å². The number of halogens is 2. The van der Waals surface area contributed by atoms with Crippen LogP contribution in [0.1, 0.15) is 19.3 Å². The molecule has 3 unspecified atom stereocenters. The molecule has 3 N–H and O–H groups in total. The highest BCUT2D eigenvalue weighted by Crippen LogP contribution is 2.28. The average Bonchev–Trinajstić information content (AvgIpc) is 2.94. The number of ether oxygens (including phenoxy) is 1. The topological polar surface area (TPSA) is 62.4 Å². The van der Waals surface area contributed by atoms with Gasteiger partial charge in [-0.2, -0.15) is 0 Å². The minimum Gasteiger partial charge on any atom is -0.482 e. The Morgan fingerprint density at radius 2 is 2.23 bits per heavy atom. The van der Waals surface area contributed by atoms with E-state index in [2.05, 4.69) is 16.2 Å². The van der Waals surface area contributed by atoms with Gasteiger partial charge in [-0.1, -0.05) is 23.2 Å². The summed E-state index contributed by atoms with van der Waals surface area (Å²) in [7, 11) is 0. The van der Waals surface area contributed by atoms with Gasteiger partial charge in [-0.15, -0.1) is 0 Å². The molecule has 7 heteroatoms. The Hall–Kier alpha value is -1.01. The third kappa shape index (κ3) is 3.84. The van der Waals surface area contributed by atoms with E-state index >= 15 is 0 Å². The van der Waals surface area contributed by atoms with E-state index in [1.807, 2.05) is 0 Å². The van der Waals surface area contributed by atoms with Gasteiger partial charge in [-0.25, -0.2) is 0 Å². The van der Waals surface area contributed by atoms with E-state index < -0.39 is 0 Å². The molecule has 3 atom stereocenters. The summed E-state index contributed by atoms with van der Waals surface area (Å²) in [5.41, 5.74) is 6.46. The van der Waals surface area contributed by atoms with Gasteiger partial charge in [0.25, 0.3) is 5.91 Å². The Labute approximate surface area is 139 Å². The van der Waals surface area contributed by atoms with E-state index in [9.17, 15) is 4.79 Å². The molecule has 1 heterocycles. The molecule has 5 nitrogen and oxygen atoms in total. The number of hydrazine groups is 1. The maximum Gasteiger partial charge on any atom is 0.258 e. The number of carbonyl (C=O) groups excluding carboxylic acids is 1. The summed E-state index contributed by atoms with van der Waals surface area (Å²) in [6.45, 7) is 0.927.